The minimum absolute atomic E-state index is 0.788. The molecule has 1 aliphatic heterocycles. The maximum Gasteiger partial charge on any atom is 0.291 e. The van der Waals surface area contributed by atoms with Crippen LogP contribution in [0.4, 0.5) is 0 Å². The first-order valence-electron chi connectivity index (χ1n) is 3.03. The number of nitrogens with zero attached hydrogens (tertiary/aromatic N) is 2. The monoisotopic (exact) mass is 165 g/mol. The van der Waals surface area contributed by atoms with E-state index in [2.05, 4.69) is 0 Å². The second kappa shape index (κ2) is 5.83. The molecule has 1 rings (SSSR count). The summed E-state index contributed by atoms with van der Waals surface area (Å²) >= 11 is 0. The molecular weight excluding hydrogens is 154 g/mol. The van der Waals surface area contributed by atoms with Gasteiger partial charge in [-0.15, -0.1) is 10.1 Å². The molecular formula is C4H11N3O4. The zero-order valence-electron chi connectivity index (χ0n) is 5.97. The fourth-order valence-electron chi connectivity index (χ4n) is 0.577. The van der Waals surface area contributed by atoms with Crippen LogP contribution in [0.15, 0.2) is 0 Å². The third-order valence-electron chi connectivity index (χ3n) is 1.05. The van der Waals surface area contributed by atoms with Crippen molar-refractivity contribution in [2.24, 2.45) is 5.84 Å². The van der Waals surface area contributed by atoms with E-state index in [-0.39, 0.29) is 0 Å². The molecule has 3 N–H and O–H groups in total. The van der Waals surface area contributed by atoms with Crippen LogP contribution in [0.2, 0.25) is 0 Å². The Labute approximate surface area is 63.4 Å². The van der Waals surface area contributed by atoms with E-state index in [0.29, 0.717) is 0 Å². The van der Waals surface area contributed by atoms with Gasteiger partial charge in [0.25, 0.3) is 5.09 Å². The van der Waals surface area contributed by atoms with Crippen LogP contribution in [-0.4, -0.2) is 41.6 Å². The highest BCUT2D eigenvalue weighted by atomic mass is 16.9. The normalized spacial score (nSPS) is 18.3. The molecule has 1 saturated heterocycles. The Bertz CT molecular complexity index is 110. The Balaban J connectivity index is 0.000000218. The van der Waals surface area contributed by atoms with Gasteiger partial charge in [0.15, 0.2) is 0 Å². The molecule has 0 aromatic carbocycles. The van der Waals surface area contributed by atoms with Crippen molar-refractivity contribution in [2.75, 3.05) is 26.3 Å². The summed E-state index contributed by atoms with van der Waals surface area (Å²) in [6, 6.07) is 0. The largest absolute Gasteiger partial charge is 0.379 e. The lowest BCUT2D eigenvalue weighted by Gasteiger charge is -2.20. The third-order valence-corrected chi connectivity index (χ3v) is 1.05. The maximum atomic E-state index is 8.36. The minimum Gasteiger partial charge on any atom is -0.379 e. The summed E-state index contributed by atoms with van der Waals surface area (Å²) in [7, 11) is 0. The van der Waals surface area contributed by atoms with Crippen LogP contribution >= 0.6 is 0 Å². The molecule has 0 aliphatic carbocycles. The molecule has 0 bridgehead atoms. The first-order valence-corrected chi connectivity index (χ1v) is 3.03. The molecule has 11 heavy (non-hydrogen) atoms. The van der Waals surface area contributed by atoms with Gasteiger partial charge in [0.1, 0.15) is 0 Å². The number of hydrazine groups is 1. The lowest BCUT2D eigenvalue weighted by Crippen LogP contribution is -2.41. The number of ether oxygens (including phenoxy) is 1. The first kappa shape index (κ1) is 10.1. The van der Waals surface area contributed by atoms with E-state index in [1.54, 1.807) is 5.01 Å². The highest BCUT2D eigenvalue weighted by Crippen LogP contribution is 1.86. The van der Waals surface area contributed by atoms with Crippen LogP contribution in [0.25, 0.3) is 0 Å². The predicted molar refractivity (Wildman–Crippen MR) is 35.4 cm³/mol. The summed E-state index contributed by atoms with van der Waals surface area (Å²) in [4.78, 5) is 8.36. The second-order valence-corrected chi connectivity index (χ2v) is 1.89. The van der Waals surface area contributed by atoms with Crippen LogP contribution in [0, 0.1) is 10.1 Å². The quantitative estimate of drug-likeness (QED) is 0.267. The molecule has 1 heterocycles. The molecule has 1 fully saturated rings. The molecule has 0 radical (unpaired) electrons. The molecule has 0 saturated carbocycles. The van der Waals surface area contributed by atoms with E-state index in [9.17, 15) is 0 Å². The molecule has 7 nitrogen and oxygen atoms in total. The van der Waals surface area contributed by atoms with E-state index in [0.717, 1.165) is 26.3 Å². The van der Waals surface area contributed by atoms with Crippen molar-refractivity contribution in [3.63, 3.8) is 0 Å². The summed E-state index contributed by atoms with van der Waals surface area (Å²) in [5.74, 6) is 5.39. The molecule has 0 amide bonds. The maximum absolute atomic E-state index is 8.36. The molecule has 7 heteroatoms. The van der Waals surface area contributed by atoms with Gasteiger partial charge in [-0.3, -0.25) is 5.84 Å². The number of morpholine rings is 1. The predicted octanol–water partition coefficient (Wildman–Crippen LogP) is -1.16. The molecule has 0 unspecified atom stereocenters. The summed E-state index contributed by atoms with van der Waals surface area (Å²) in [5.41, 5.74) is 0. The number of hydrogen-bond acceptors (Lipinski definition) is 5. The van der Waals surface area contributed by atoms with Crippen LogP contribution in [0.3, 0.4) is 0 Å². The molecule has 66 valence electrons. The lowest BCUT2D eigenvalue weighted by molar-refractivity contribution is -0.742. The van der Waals surface area contributed by atoms with E-state index in [4.69, 9.17) is 25.9 Å². The van der Waals surface area contributed by atoms with Gasteiger partial charge in [0.05, 0.1) is 13.2 Å². The van der Waals surface area contributed by atoms with Crippen LogP contribution in [-0.2, 0) is 4.74 Å². The van der Waals surface area contributed by atoms with Crippen molar-refractivity contribution < 1.29 is 15.0 Å². The van der Waals surface area contributed by atoms with Gasteiger partial charge in [0.2, 0.25) is 0 Å². The molecule has 0 aromatic heterocycles. The highest BCUT2D eigenvalue weighted by molar-refractivity contribution is 4.51. The van der Waals surface area contributed by atoms with E-state index in [1.807, 2.05) is 0 Å². The lowest BCUT2D eigenvalue weighted by atomic mass is 10.5. The van der Waals surface area contributed by atoms with E-state index in [1.165, 1.54) is 0 Å². The number of nitrogens with two attached hydrogens (primary N) is 1. The Morgan fingerprint density at radius 1 is 1.55 bits per heavy atom. The van der Waals surface area contributed by atoms with Crippen molar-refractivity contribution >= 4 is 0 Å². The molecule has 1 aliphatic rings. The Kier molecular flexibility index (Phi) is 5.35. The van der Waals surface area contributed by atoms with Gasteiger partial charge in [-0.1, -0.05) is 0 Å². The van der Waals surface area contributed by atoms with Gasteiger partial charge in [-0.05, 0) is 0 Å². The van der Waals surface area contributed by atoms with Crippen LogP contribution in [0.5, 0.6) is 0 Å². The highest BCUT2D eigenvalue weighted by Gasteiger charge is 2.02. The van der Waals surface area contributed by atoms with Crippen LogP contribution in [0.1, 0.15) is 0 Å². The fourth-order valence-corrected chi connectivity index (χ4v) is 0.577. The average Bonchev–Trinajstić information content (AvgIpc) is 1.87. The molecule has 0 atom stereocenters. The van der Waals surface area contributed by atoms with E-state index < -0.39 is 5.09 Å². The Morgan fingerprint density at radius 2 is 1.91 bits per heavy atom. The van der Waals surface area contributed by atoms with Gasteiger partial charge < -0.3 is 9.94 Å². The van der Waals surface area contributed by atoms with Crippen molar-refractivity contribution in [1.29, 1.82) is 0 Å². The Hall–Kier alpha value is -0.920. The van der Waals surface area contributed by atoms with Crippen molar-refractivity contribution in [1.82, 2.24) is 5.01 Å². The zero-order valence-corrected chi connectivity index (χ0v) is 5.97. The number of rotatable bonds is 0. The number of hydrogen-bond donors (Lipinski definition) is 2. The Morgan fingerprint density at radius 3 is 2.09 bits per heavy atom. The third kappa shape index (κ3) is 9.08. The van der Waals surface area contributed by atoms with Crippen molar-refractivity contribution in [3.8, 4) is 0 Å². The SMILES string of the molecule is NN1CCOCC1.O=[N+]([O-])O. The van der Waals surface area contributed by atoms with Crippen molar-refractivity contribution in [3.05, 3.63) is 10.1 Å². The van der Waals surface area contributed by atoms with Gasteiger partial charge in [-0.2, -0.15) is 0 Å². The van der Waals surface area contributed by atoms with Gasteiger partial charge >= 0.3 is 0 Å². The summed E-state index contributed by atoms with van der Waals surface area (Å²) in [5, 5.41) is 15.4. The summed E-state index contributed by atoms with van der Waals surface area (Å²) < 4.78 is 5.02. The summed E-state index contributed by atoms with van der Waals surface area (Å²) in [6.45, 7) is 3.33. The zero-order chi connectivity index (χ0) is 8.69. The standard InChI is InChI=1S/C4H10N2O.HNO3/c5-6-1-3-7-4-2-6;2-1(3)4/h1-5H2;(H,2,3,4). The minimum atomic E-state index is -1.50. The van der Waals surface area contributed by atoms with Gasteiger partial charge in [-0.25, -0.2) is 5.01 Å². The second-order valence-electron chi connectivity index (χ2n) is 1.89. The summed E-state index contributed by atoms with van der Waals surface area (Å²) in [6.07, 6.45) is 0. The topological polar surface area (TPSA) is 102 Å². The first-order chi connectivity index (χ1) is 5.13. The van der Waals surface area contributed by atoms with E-state index >= 15 is 0 Å². The van der Waals surface area contributed by atoms with Gasteiger partial charge in [0, 0.05) is 13.1 Å². The van der Waals surface area contributed by atoms with Crippen molar-refractivity contribution in [2.45, 2.75) is 0 Å². The molecule has 0 spiro atoms. The fraction of sp³-hybridized carbons (Fsp3) is 1.00. The molecule has 0 aromatic rings. The average molecular weight is 165 g/mol. The van der Waals surface area contributed by atoms with Crippen LogP contribution < -0.4 is 5.84 Å². The smallest absolute Gasteiger partial charge is 0.291 e.